The van der Waals surface area contributed by atoms with Gasteiger partial charge in [0.25, 0.3) is 0 Å². The molecule has 2 atom stereocenters. The van der Waals surface area contributed by atoms with E-state index in [9.17, 15) is 0 Å². The molecule has 0 aromatic carbocycles. The largest absolute Gasteiger partial charge is 0.0695 e. The molecule has 1 aliphatic carbocycles. The van der Waals surface area contributed by atoms with E-state index in [0.29, 0.717) is 0 Å². The fourth-order valence-corrected chi connectivity index (χ4v) is 6.97. The number of hydrogen-bond donors (Lipinski definition) is 0. The van der Waals surface area contributed by atoms with E-state index in [-0.39, 0.29) is 0 Å². The molecule has 14 heavy (non-hydrogen) atoms. The van der Waals surface area contributed by atoms with Crippen LogP contribution in [0.3, 0.4) is 0 Å². The lowest BCUT2D eigenvalue weighted by atomic mass is 9.76. The lowest BCUT2D eigenvalue weighted by Crippen LogP contribution is -2.37. The molecule has 0 bridgehead atoms. The van der Waals surface area contributed by atoms with E-state index in [0.717, 1.165) is 11.8 Å². The summed E-state index contributed by atoms with van der Waals surface area (Å²) < 4.78 is 0. The number of rotatable bonds is 4. The first-order valence-corrected chi connectivity index (χ1v) is 13.6. The highest BCUT2D eigenvalue weighted by Gasteiger charge is 2.36. The van der Waals surface area contributed by atoms with Gasteiger partial charge in [0, 0.05) is 16.1 Å². The van der Waals surface area contributed by atoms with Gasteiger partial charge >= 0.3 is 0 Å². The molecule has 1 rings (SSSR count). The van der Waals surface area contributed by atoms with Gasteiger partial charge in [-0.05, 0) is 11.8 Å². The van der Waals surface area contributed by atoms with Crippen LogP contribution in [0.5, 0.6) is 0 Å². The van der Waals surface area contributed by atoms with Gasteiger partial charge in [-0.3, -0.25) is 0 Å². The molecule has 0 amide bonds. The Labute approximate surface area is 92.5 Å². The van der Waals surface area contributed by atoms with Gasteiger partial charge < -0.3 is 0 Å². The number of hydrogen-bond acceptors (Lipinski definition) is 0. The van der Waals surface area contributed by atoms with E-state index < -0.39 is 16.1 Å². The minimum atomic E-state index is -0.792. The molecule has 84 valence electrons. The van der Waals surface area contributed by atoms with Crippen molar-refractivity contribution in [2.45, 2.75) is 64.2 Å². The second-order valence-electron chi connectivity index (χ2n) is 7.63. The molecule has 0 N–H and O–H groups in total. The standard InChI is InChI=1S/C12H28Si2/c1-13(2,3)9-11-7-8-12(11)10-14(4,5)6/h11-12H,7-10H2,1-6H3/t11-,12+. The molecule has 1 fully saturated rings. The molecule has 0 radical (unpaired) electrons. The van der Waals surface area contributed by atoms with Crippen LogP contribution in [-0.4, -0.2) is 16.1 Å². The molecule has 0 saturated heterocycles. The van der Waals surface area contributed by atoms with E-state index in [1.807, 2.05) is 0 Å². The fourth-order valence-electron chi connectivity index (χ4n) is 2.75. The van der Waals surface area contributed by atoms with Gasteiger partial charge in [0.05, 0.1) is 0 Å². The van der Waals surface area contributed by atoms with E-state index in [4.69, 9.17) is 0 Å². The smallest absolute Gasteiger partial charge is 0.0445 e. The van der Waals surface area contributed by atoms with Crippen LogP contribution < -0.4 is 0 Å². The van der Waals surface area contributed by atoms with Gasteiger partial charge in [0.15, 0.2) is 0 Å². The summed E-state index contributed by atoms with van der Waals surface area (Å²) in [5.74, 6) is 2.24. The Kier molecular flexibility index (Phi) is 3.69. The van der Waals surface area contributed by atoms with Gasteiger partial charge in [-0.2, -0.15) is 0 Å². The maximum Gasteiger partial charge on any atom is 0.0445 e. The first-order chi connectivity index (χ1) is 6.17. The van der Waals surface area contributed by atoms with Crippen LogP contribution in [0, 0.1) is 11.8 Å². The van der Waals surface area contributed by atoms with Crippen molar-refractivity contribution in [2.75, 3.05) is 0 Å². The van der Waals surface area contributed by atoms with E-state index >= 15 is 0 Å². The van der Waals surface area contributed by atoms with Crippen molar-refractivity contribution in [3.05, 3.63) is 0 Å². The van der Waals surface area contributed by atoms with Gasteiger partial charge in [0.2, 0.25) is 0 Å². The first-order valence-electron chi connectivity index (χ1n) is 6.17. The SMILES string of the molecule is C[Si](C)(C)C[C@H]1CC[C@H]1C[Si](C)(C)C. The molecule has 0 aliphatic heterocycles. The molecule has 0 unspecified atom stereocenters. The monoisotopic (exact) mass is 228 g/mol. The Morgan fingerprint density at radius 2 is 1.00 bits per heavy atom. The average Bonchev–Trinajstić information content (AvgIpc) is 1.91. The Morgan fingerprint density at radius 3 is 1.14 bits per heavy atom. The molecule has 0 heterocycles. The zero-order chi connectivity index (χ0) is 11.0. The van der Waals surface area contributed by atoms with Crippen LogP contribution in [0.1, 0.15) is 12.8 Å². The molecule has 2 heteroatoms. The maximum atomic E-state index is 2.52. The van der Waals surface area contributed by atoms with Crippen LogP contribution >= 0.6 is 0 Å². The Hall–Kier alpha value is 0.434. The molecular formula is C12H28Si2. The van der Waals surface area contributed by atoms with E-state index in [1.54, 1.807) is 24.9 Å². The van der Waals surface area contributed by atoms with Gasteiger partial charge in [0.1, 0.15) is 0 Å². The lowest BCUT2D eigenvalue weighted by molar-refractivity contribution is 0.214. The first kappa shape index (κ1) is 12.5. The topological polar surface area (TPSA) is 0 Å². The summed E-state index contributed by atoms with van der Waals surface area (Å²) in [7, 11) is -1.58. The predicted molar refractivity (Wildman–Crippen MR) is 72.5 cm³/mol. The van der Waals surface area contributed by atoms with Gasteiger partial charge in [-0.1, -0.05) is 64.2 Å². The van der Waals surface area contributed by atoms with Crippen LogP contribution in [-0.2, 0) is 0 Å². The van der Waals surface area contributed by atoms with E-state index in [2.05, 4.69) is 39.3 Å². The minimum absolute atomic E-state index is 0.792. The van der Waals surface area contributed by atoms with Gasteiger partial charge in [-0.25, -0.2) is 0 Å². The second-order valence-corrected chi connectivity index (χ2v) is 18.7. The zero-order valence-corrected chi connectivity index (χ0v) is 13.0. The third-order valence-electron chi connectivity index (χ3n) is 3.32. The van der Waals surface area contributed by atoms with Crippen LogP contribution in [0.25, 0.3) is 0 Å². The normalized spacial score (nSPS) is 28.7. The quantitative estimate of drug-likeness (QED) is 0.613. The summed E-state index contributed by atoms with van der Waals surface area (Å²) in [6.45, 7) is 15.1. The fraction of sp³-hybridized carbons (Fsp3) is 1.00. The molecular weight excluding hydrogens is 200 g/mol. The molecule has 0 nitrogen and oxygen atoms in total. The Morgan fingerprint density at radius 1 is 0.714 bits per heavy atom. The lowest BCUT2D eigenvalue weighted by Gasteiger charge is -2.42. The summed E-state index contributed by atoms with van der Waals surface area (Å²) in [5, 5.41) is 0. The summed E-state index contributed by atoms with van der Waals surface area (Å²) in [6.07, 6.45) is 3.08. The van der Waals surface area contributed by atoms with Crippen LogP contribution in [0.4, 0.5) is 0 Å². The maximum absolute atomic E-state index is 2.52. The molecule has 0 aromatic rings. The van der Waals surface area contributed by atoms with Crippen molar-refractivity contribution in [1.82, 2.24) is 0 Å². The third-order valence-corrected chi connectivity index (χ3v) is 6.82. The van der Waals surface area contributed by atoms with Crippen molar-refractivity contribution >= 4 is 16.1 Å². The zero-order valence-electron chi connectivity index (χ0n) is 11.0. The highest BCUT2D eigenvalue weighted by molar-refractivity contribution is 6.76. The Bertz CT molecular complexity index is 163. The molecule has 1 saturated carbocycles. The molecule has 0 aromatic heterocycles. The van der Waals surface area contributed by atoms with Crippen molar-refractivity contribution in [3.63, 3.8) is 0 Å². The molecule has 0 spiro atoms. The summed E-state index contributed by atoms with van der Waals surface area (Å²) in [6, 6.07) is 3.17. The molecule has 1 aliphatic rings. The predicted octanol–water partition coefficient (Wildman–Crippen LogP) is 4.69. The third kappa shape index (κ3) is 4.30. The highest BCUT2D eigenvalue weighted by Crippen LogP contribution is 2.44. The Balaban J connectivity index is 2.36. The summed E-state index contributed by atoms with van der Waals surface area (Å²) in [4.78, 5) is 0. The second kappa shape index (κ2) is 4.13. The van der Waals surface area contributed by atoms with E-state index in [1.165, 1.54) is 0 Å². The highest BCUT2D eigenvalue weighted by atomic mass is 28.3. The summed E-state index contributed by atoms with van der Waals surface area (Å²) >= 11 is 0. The van der Waals surface area contributed by atoms with Crippen molar-refractivity contribution in [1.29, 1.82) is 0 Å². The van der Waals surface area contributed by atoms with Gasteiger partial charge in [-0.15, -0.1) is 0 Å². The van der Waals surface area contributed by atoms with Crippen molar-refractivity contribution < 1.29 is 0 Å². The van der Waals surface area contributed by atoms with Crippen molar-refractivity contribution in [3.8, 4) is 0 Å². The van der Waals surface area contributed by atoms with Crippen LogP contribution in [0.2, 0.25) is 51.4 Å². The van der Waals surface area contributed by atoms with Crippen molar-refractivity contribution in [2.24, 2.45) is 11.8 Å². The minimum Gasteiger partial charge on any atom is -0.0695 e. The van der Waals surface area contributed by atoms with Crippen LogP contribution in [0.15, 0.2) is 0 Å². The summed E-state index contributed by atoms with van der Waals surface area (Å²) in [5.41, 5.74) is 0. The average molecular weight is 229 g/mol.